The van der Waals surface area contributed by atoms with Gasteiger partial charge in [-0.05, 0) is 20.3 Å². The number of hydrogen-bond acceptors (Lipinski definition) is 7. The van der Waals surface area contributed by atoms with Gasteiger partial charge in [0.15, 0.2) is 11.5 Å². The molecule has 0 aliphatic heterocycles. The highest BCUT2D eigenvalue weighted by atomic mass is 31.2. The number of aromatic nitrogens is 4. The first kappa shape index (κ1) is 18.8. The lowest BCUT2D eigenvalue weighted by Crippen LogP contribution is -2.17. The van der Waals surface area contributed by atoms with Crippen LogP contribution in [0, 0.1) is 0 Å². The summed E-state index contributed by atoms with van der Waals surface area (Å²) in [6, 6.07) is -0.179. The number of aliphatic hydroxyl groups is 1. The second-order valence-electron chi connectivity index (χ2n) is 5.68. The molecule has 0 bridgehead atoms. The molecule has 0 aromatic carbocycles. The molecule has 11 heteroatoms. The maximum absolute atomic E-state index is 10.9. The molecule has 1 atom stereocenters. The van der Waals surface area contributed by atoms with Crippen molar-refractivity contribution >= 4 is 24.6 Å². The minimum atomic E-state index is -4.23. The van der Waals surface area contributed by atoms with Crippen LogP contribution < -0.4 is 5.32 Å². The molecular formula is C13H22N5O5P. The summed E-state index contributed by atoms with van der Waals surface area (Å²) in [5.41, 5.74) is 1.15. The van der Waals surface area contributed by atoms with Crippen molar-refractivity contribution in [1.29, 1.82) is 0 Å². The molecule has 2 aromatic heterocycles. The number of rotatable bonds is 9. The van der Waals surface area contributed by atoms with Crippen molar-refractivity contribution in [2.24, 2.45) is 0 Å². The number of nitrogens with zero attached hydrogens (tertiary/aromatic N) is 4. The van der Waals surface area contributed by atoms with E-state index >= 15 is 0 Å². The van der Waals surface area contributed by atoms with E-state index in [-0.39, 0.29) is 25.3 Å². The fraction of sp³-hybridized carbons (Fsp3) is 0.615. The predicted molar refractivity (Wildman–Crippen MR) is 87.7 cm³/mol. The van der Waals surface area contributed by atoms with Crippen LogP contribution in [0.1, 0.15) is 26.3 Å². The molecule has 0 saturated heterocycles. The van der Waals surface area contributed by atoms with E-state index in [1.54, 1.807) is 10.9 Å². The molecule has 4 N–H and O–H groups in total. The van der Waals surface area contributed by atoms with Crippen LogP contribution in [-0.2, 0) is 9.30 Å². The molecule has 134 valence electrons. The number of anilines is 1. The highest BCUT2D eigenvalue weighted by Crippen LogP contribution is 2.34. The van der Waals surface area contributed by atoms with E-state index in [0.29, 0.717) is 23.4 Å². The van der Waals surface area contributed by atoms with Crippen LogP contribution in [0.2, 0.25) is 0 Å². The highest BCUT2D eigenvalue weighted by molar-refractivity contribution is 7.51. The Bertz CT molecular complexity index is 716. The van der Waals surface area contributed by atoms with Crippen LogP contribution in [0.3, 0.4) is 0 Å². The van der Waals surface area contributed by atoms with Gasteiger partial charge in [-0.2, -0.15) is 0 Å². The summed E-state index contributed by atoms with van der Waals surface area (Å²) in [5.74, 6) is 0.604. The number of hydrogen-bond donors (Lipinski definition) is 4. The Morgan fingerprint density at radius 2 is 2.08 bits per heavy atom. The first-order valence-electron chi connectivity index (χ1n) is 7.49. The van der Waals surface area contributed by atoms with Gasteiger partial charge in [-0.3, -0.25) is 4.57 Å². The molecule has 2 heterocycles. The fourth-order valence-electron chi connectivity index (χ4n) is 2.26. The molecule has 0 fully saturated rings. The van der Waals surface area contributed by atoms with E-state index in [2.05, 4.69) is 20.3 Å². The Balaban J connectivity index is 2.25. The fourth-order valence-corrected chi connectivity index (χ4v) is 2.60. The zero-order valence-electron chi connectivity index (χ0n) is 13.5. The van der Waals surface area contributed by atoms with Gasteiger partial charge in [0.25, 0.3) is 0 Å². The molecule has 0 aliphatic carbocycles. The molecule has 0 saturated carbocycles. The van der Waals surface area contributed by atoms with Crippen molar-refractivity contribution < 1.29 is 24.2 Å². The van der Waals surface area contributed by atoms with Crippen LogP contribution >= 0.6 is 7.60 Å². The average Bonchev–Trinajstić information content (AvgIpc) is 2.89. The van der Waals surface area contributed by atoms with Crippen molar-refractivity contribution in [1.82, 2.24) is 19.5 Å². The summed E-state index contributed by atoms with van der Waals surface area (Å²) >= 11 is 0. The zero-order valence-corrected chi connectivity index (χ0v) is 14.4. The Labute approximate surface area is 139 Å². The molecule has 0 aliphatic rings. The van der Waals surface area contributed by atoms with Crippen LogP contribution in [0.25, 0.3) is 11.2 Å². The third kappa shape index (κ3) is 4.96. The summed E-state index contributed by atoms with van der Waals surface area (Å²) in [6.07, 6.45) is 2.64. The van der Waals surface area contributed by atoms with E-state index < -0.39 is 13.9 Å². The summed E-state index contributed by atoms with van der Waals surface area (Å²) in [5, 5.41) is 12.4. The maximum Gasteiger partial charge on any atom is 0.350 e. The van der Waals surface area contributed by atoms with Gasteiger partial charge in [0.1, 0.15) is 18.2 Å². The van der Waals surface area contributed by atoms with Crippen molar-refractivity contribution in [3.63, 3.8) is 0 Å². The van der Waals surface area contributed by atoms with E-state index in [1.165, 1.54) is 6.33 Å². The second kappa shape index (κ2) is 8.00. The molecule has 2 aromatic rings. The van der Waals surface area contributed by atoms with Crippen molar-refractivity contribution in [3.05, 3.63) is 12.7 Å². The Kier molecular flexibility index (Phi) is 6.25. The summed E-state index contributed by atoms with van der Waals surface area (Å²) in [4.78, 5) is 30.5. The lowest BCUT2D eigenvalue weighted by atomic mass is 10.2. The van der Waals surface area contributed by atoms with E-state index in [1.807, 2.05) is 13.8 Å². The van der Waals surface area contributed by atoms with Gasteiger partial charge < -0.3 is 29.5 Å². The first-order chi connectivity index (χ1) is 11.3. The lowest BCUT2D eigenvalue weighted by molar-refractivity contribution is 0.112. The van der Waals surface area contributed by atoms with Gasteiger partial charge in [0.05, 0.1) is 19.0 Å². The van der Waals surface area contributed by atoms with Gasteiger partial charge in [-0.25, -0.2) is 15.0 Å². The van der Waals surface area contributed by atoms with Gasteiger partial charge in [0.2, 0.25) is 0 Å². The topological polar surface area (TPSA) is 143 Å². The Morgan fingerprint density at radius 3 is 2.71 bits per heavy atom. The van der Waals surface area contributed by atoms with Gasteiger partial charge in [-0.1, -0.05) is 0 Å². The minimum absolute atomic E-state index is 0.0219. The monoisotopic (exact) mass is 359 g/mol. The number of ether oxygens (including phenoxy) is 1. The number of fused-ring (bicyclic) bond motifs is 1. The van der Waals surface area contributed by atoms with Crippen LogP contribution in [0.5, 0.6) is 0 Å². The smallest absolute Gasteiger partial charge is 0.350 e. The molecule has 0 radical (unpaired) electrons. The summed E-state index contributed by atoms with van der Waals surface area (Å²) in [6.45, 7) is 3.88. The van der Waals surface area contributed by atoms with Crippen molar-refractivity contribution in [3.8, 4) is 0 Å². The highest BCUT2D eigenvalue weighted by Gasteiger charge is 2.20. The molecule has 10 nitrogen and oxygen atoms in total. The predicted octanol–water partition coefficient (Wildman–Crippen LogP) is 0.722. The lowest BCUT2D eigenvalue weighted by Gasteiger charge is -2.18. The van der Waals surface area contributed by atoms with Gasteiger partial charge in [-0.15, -0.1) is 0 Å². The van der Waals surface area contributed by atoms with Crippen LogP contribution in [0.4, 0.5) is 5.82 Å². The summed E-state index contributed by atoms with van der Waals surface area (Å²) in [7, 11) is -4.23. The first-order valence-corrected chi connectivity index (χ1v) is 9.29. The van der Waals surface area contributed by atoms with Crippen molar-refractivity contribution in [2.75, 3.05) is 24.9 Å². The number of aliphatic hydroxyl groups excluding tert-OH is 1. The SMILES string of the molecule is CC(C)Nc1ncnc2c1ncn2C(CCO)COCP(=O)(O)O. The van der Waals surface area contributed by atoms with E-state index in [4.69, 9.17) is 14.5 Å². The molecule has 2 rings (SSSR count). The Morgan fingerprint density at radius 1 is 1.33 bits per heavy atom. The van der Waals surface area contributed by atoms with E-state index in [0.717, 1.165) is 0 Å². The van der Waals surface area contributed by atoms with Gasteiger partial charge in [0, 0.05) is 12.6 Å². The maximum atomic E-state index is 10.9. The molecule has 24 heavy (non-hydrogen) atoms. The molecule has 1 unspecified atom stereocenters. The zero-order chi connectivity index (χ0) is 17.7. The quantitative estimate of drug-likeness (QED) is 0.476. The number of nitrogens with one attached hydrogen (secondary N) is 1. The number of imidazole rings is 1. The van der Waals surface area contributed by atoms with Crippen LogP contribution in [0.15, 0.2) is 12.7 Å². The second-order valence-corrected chi connectivity index (χ2v) is 7.26. The third-order valence-electron chi connectivity index (χ3n) is 3.21. The third-order valence-corrected chi connectivity index (χ3v) is 3.73. The molecule has 0 spiro atoms. The summed E-state index contributed by atoms with van der Waals surface area (Å²) < 4.78 is 17.7. The van der Waals surface area contributed by atoms with Gasteiger partial charge >= 0.3 is 7.60 Å². The van der Waals surface area contributed by atoms with E-state index in [9.17, 15) is 9.67 Å². The largest absolute Gasteiger partial charge is 0.396 e. The molecule has 0 amide bonds. The Hall–Kier alpha value is -1.58. The normalized spacial score (nSPS) is 13.6. The standard InChI is InChI=1S/C13H22N5O5P/c1-9(2)17-12-11-13(15-6-14-12)18(7-16-11)10(3-4-19)5-23-8-24(20,21)22/h6-7,9-10,19H,3-5,8H2,1-2H3,(H,14,15,17)(H2,20,21,22). The minimum Gasteiger partial charge on any atom is -0.396 e. The molecular weight excluding hydrogens is 337 g/mol. The van der Waals surface area contributed by atoms with Crippen LogP contribution in [-0.4, -0.2) is 60.0 Å². The van der Waals surface area contributed by atoms with Crippen molar-refractivity contribution in [2.45, 2.75) is 32.4 Å². The average molecular weight is 359 g/mol.